The third-order valence-corrected chi connectivity index (χ3v) is 3.51. The molecule has 1 rings (SSSR count). The van der Waals surface area contributed by atoms with Gasteiger partial charge in [0.2, 0.25) is 0 Å². The van der Waals surface area contributed by atoms with E-state index >= 15 is 0 Å². The van der Waals surface area contributed by atoms with Gasteiger partial charge < -0.3 is 9.47 Å². The molecule has 0 aromatic heterocycles. The molecular formula is C25H50O2. The monoisotopic (exact) mass is 382 g/mol. The maximum Gasteiger partial charge on any atom is 0.199 e. The molecule has 0 heterocycles. The van der Waals surface area contributed by atoms with Crippen LogP contribution in [0.4, 0.5) is 0 Å². The minimum absolute atomic E-state index is 0.136. The smallest absolute Gasteiger partial charge is 0.199 e. The van der Waals surface area contributed by atoms with Crippen molar-refractivity contribution in [2.75, 3.05) is 6.61 Å². The summed E-state index contributed by atoms with van der Waals surface area (Å²) in [4.78, 5) is 0. The van der Waals surface area contributed by atoms with Crippen LogP contribution in [0.1, 0.15) is 107 Å². The highest BCUT2D eigenvalue weighted by molar-refractivity contribution is 5.29. The topological polar surface area (TPSA) is 18.5 Å². The van der Waals surface area contributed by atoms with Crippen molar-refractivity contribution in [2.24, 2.45) is 11.8 Å². The van der Waals surface area contributed by atoms with Crippen LogP contribution in [0.5, 0.6) is 5.75 Å². The highest BCUT2D eigenvalue weighted by Gasteiger charge is 2.14. The molecule has 162 valence electrons. The number of ether oxygens (including phenoxy) is 2. The van der Waals surface area contributed by atoms with E-state index in [1.165, 1.54) is 12.0 Å². The normalized spacial score (nSPS) is 11.9. The molecule has 0 bridgehead atoms. The Balaban J connectivity index is -0.000000621. The molecule has 0 amide bonds. The van der Waals surface area contributed by atoms with Gasteiger partial charge >= 0.3 is 0 Å². The Kier molecular flexibility index (Phi) is 24.2. The van der Waals surface area contributed by atoms with Gasteiger partial charge in [0.05, 0.1) is 0 Å². The van der Waals surface area contributed by atoms with Gasteiger partial charge in [-0.3, -0.25) is 0 Å². The second kappa shape index (κ2) is 21.3. The summed E-state index contributed by atoms with van der Waals surface area (Å²) in [6, 6.07) is 8.48. The van der Waals surface area contributed by atoms with Gasteiger partial charge in [-0.1, -0.05) is 88.3 Å². The molecule has 0 N–H and O–H groups in total. The van der Waals surface area contributed by atoms with Crippen molar-refractivity contribution in [3.05, 3.63) is 29.8 Å². The average Bonchev–Trinajstić information content (AvgIpc) is 2.66. The highest BCUT2D eigenvalue weighted by Crippen LogP contribution is 2.29. The number of hydrogen-bond donors (Lipinski definition) is 0. The van der Waals surface area contributed by atoms with Gasteiger partial charge in [0.15, 0.2) is 6.29 Å². The largest absolute Gasteiger partial charge is 0.465 e. The second-order valence-corrected chi connectivity index (χ2v) is 6.97. The molecule has 0 spiro atoms. The molecule has 0 aliphatic carbocycles. The zero-order valence-electron chi connectivity index (χ0n) is 20.6. The summed E-state index contributed by atoms with van der Waals surface area (Å²) in [5, 5.41) is 0. The Morgan fingerprint density at radius 3 is 1.48 bits per heavy atom. The van der Waals surface area contributed by atoms with E-state index in [9.17, 15) is 0 Å². The van der Waals surface area contributed by atoms with E-state index in [1.54, 1.807) is 0 Å². The van der Waals surface area contributed by atoms with Crippen molar-refractivity contribution < 1.29 is 9.47 Å². The molecule has 2 heteroatoms. The Morgan fingerprint density at radius 1 is 0.741 bits per heavy atom. The molecule has 1 aromatic rings. The number of benzene rings is 1. The summed E-state index contributed by atoms with van der Waals surface area (Å²) < 4.78 is 11.3. The fourth-order valence-electron chi connectivity index (χ4n) is 2.46. The predicted molar refractivity (Wildman–Crippen MR) is 124 cm³/mol. The maximum absolute atomic E-state index is 5.81. The molecule has 0 aliphatic heterocycles. The number of hydrogen-bond acceptors (Lipinski definition) is 2. The standard InChI is InChI=1S/C17H28O2.C4H10.2C2H6/c1-6-16(13(4)5)14-9-11-15(12-10-14)19-17(7-2)18-8-3;1-4(2)3;2*1-2/h9-13,16-17H,6-8H2,1-5H3;4H,1-3H3;2*1-2H3. The Bertz CT molecular complexity index is 379. The van der Waals surface area contributed by atoms with Crippen LogP contribution in [-0.4, -0.2) is 12.9 Å². The van der Waals surface area contributed by atoms with E-state index in [0.717, 1.165) is 18.1 Å². The molecule has 0 aliphatic rings. The molecule has 27 heavy (non-hydrogen) atoms. The van der Waals surface area contributed by atoms with Crippen LogP contribution in [-0.2, 0) is 4.74 Å². The molecule has 2 nitrogen and oxygen atoms in total. The first-order valence-electron chi connectivity index (χ1n) is 11.2. The van der Waals surface area contributed by atoms with Crippen molar-refractivity contribution in [1.82, 2.24) is 0 Å². The van der Waals surface area contributed by atoms with E-state index in [4.69, 9.17) is 9.47 Å². The van der Waals surface area contributed by atoms with Crippen molar-refractivity contribution in [3.8, 4) is 5.75 Å². The van der Waals surface area contributed by atoms with Gasteiger partial charge in [0, 0.05) is 13.0 Å². The summed E-state index contributed by atoms with van der Waals surface area (Å²) in [5.74, 6) is 3.02. The van der Waals surface area contributed by atoms with Gasteiger partial charge in [-0.05, 0) is 48.8 Å². The van der Waals surface area contributed by atoms with E-state index in [-0.39, 0.29) is 6.29 Å². The molecule has 0 radical (unpaired) electrons. The fraction of sp³-hybridized carbons (Fsp3) is 0.760. The molecule has 0 saturated carbocycles. The van der Waals surface area contributed by atoms with Gasteiger partial charge in [-0.2, -0.15) is 0 Å². The zero-order valence-corrected chi connectivity index (χ0v) is 20.6. The summed E-state index contributed by atoms with van der Waals surface area (Å²) in [5.41, 5.74) is 1.40. The van der Waals surface area contributed by atoms with Crippen LogP contribution in [0.2, 0.25) is 0 Å². The van der Waals surface area contributed by atoms with E-state index in [1.807, 2.05) is 34.6 Å². The van der Waals surface area contributed by atoms with Crippen molar-refractivity contribution in [2.45, 2.75) is 108 Å². The molecule has 0 fully saturated rings. The van der Waals surface area contributed by atoms with Crippen LogP contribution >= 0.6 is 0 Å². The lowest BCUT2D eigenvalue weighted by molar-refractivity contribution is -0.0766. The van der Waals surface area contributed by atoms with Gasteiger partial charge in [0.1, 0.15) is 5.75 Å². The van der Waals surface area contributed by atoms with Gasteiger partial charge in [0.25, 0.3) is 0 Å². The highest BCUT2D eigenvalue weighted by atomic mass is 16.7. The molecular weight excluding hydrogens is 332 g/mol. The van der Waals surface area contributed by atoms with Crippen LogP contribution in [0.15, 0.2) is 24.3 Å². The Morgan fingerprint density at radius 2 is 1.19 bits per heavy atom. The zero-order chi connectivity index (χ0) is 21.8. The van der Waals surface area contributed by atoms with E-state index in [2.05, 4.69) is 72.7 Å². The molecule has 0 saturated heterocycles. The average molecular weight is 383 g/mol. The molecule has 2 unspecified atom stereocenters. The SMILES string of the molecule is CC.CC.CC(C)C.CCOC(CC)Oc1ccc(C(CC)C(C)C)cc1. The molecule has 2 atom stereocenters. The quantitative estimate of drug-likeness (QED) is 0.418. The van der Waals surface area contributed by atoms with Crippen molar-refractivity contribution in [3.63, 3.8) is 0 Å². The van der Waals surface area contributed by atoms with Crippen LogP contribution in [0.3, 0.4) is 0 Å². The second-order valence-electron chi connectivity index (χ2n) is 6.97. The maximum atomic E-state index is 5.81. The van der Waals surface area contributed by atoms with Gasteiger partial charge in [-0.25, -0.2) is 0 Å². The summed E-state index contributed by atoms with van der Waals surface area (Å²) in [6.45, 7) is 26.0. The first-order chi connectivity index (χ1) is 12.8. The Hall–Kier alpha value is -1.02. The summed E-state index contributed by atoms with van der Waals surface area (Å²) in [7, 11) is 0. The summed E-state index contributed by atoms with van der Waals surface area (Å²) >= 11 is 0. The van der Waals surface area contributed by atoms with Crippen molar-refractivity contribution >= 4 is 0 Å². The number of rotatable bonds is 8. The summed E-state index contributed by atoms with van der Waals surface area (Å²) in [6.07, 6.45) is 1.90. The van der Waals surface area contributed by atoms with Crippen LogP contribution in [0, 0.1) is 11.8 Å². The van der Waals surface area contributed by atoms with E-state index < -0.39 is 0 Å². The van der Waals surface area contributed by atoms with Crippen LogP contribution < -0.4 is 4.74 Å². The van der Waals surface area contributed by atoms with Crippen LogP contribution in [0.25, 0.3) is 0 Å². The minimum Gasteiger partial charge on any atom is -0.465 e. The third kappa shape index (κ3) is 16.8. The first-order valence-corrected chi connectivity index (χ1v) is 11.2. The van der Waals surface area contributed by atoms with E-state index in [0.29, 0.717) is 18.4 Å². The van der Waals surface area contributed by atoms with Crippen molar-refractivity contribution in [1.29, 1.82) is 0 Å². The molecule has 1 aromatic carbocycles. The van der Waals surface area contributed by atoms with Gasteiger partial charge in [-0.15, -0.1) is 0 Å². The predicted octanol–water partition coefficient (Wildman–Crippen LogP) is 8.70. The third-order valence-electron chi connectivity index (χ3n) is 3.51. The minimum atomic E-state index is -0.136. The lowest BCUT2D eigenvalue weighted by atomic mass is 9.86. The lowest BCUT2D eigenvalue weighted by Gasteiger charge is -2.21. The Labute approximate surface area is 172 Å². The lowest BCUT2D eigenvalue weighted by Crippen LogP contribution is -2.19. The first kappa shape index (κ1) is 30.7. The fourth-order valence-corrected chi connectivity index (χ4v) is 2.46.